The molecule has 0 radical (unpaired) electrons. The highest BCUT2D eigenvalue weighted by Crippen LogP contribution is 2.26. The first kappa shape index (κ1) is 14.6. The summed E-state index contributed by atoms with van der Waals surface area (Å²) in [5.41, 5.74) is 0.480. The topological polar surface area (TPSA) is 67.3 Å². The summed E-state index contributed by atoms with van der Waals surface area (Å²) in [6.45, 7) is 1.20. The van der Waals surface area contributed by atoms with Crippen LogP contribution in [-0.2, 0) is 0 Å². The van der Waals surface area contributed by atoms with Crippen LogP contribution < -0.4 is 10.1 Å². The van der Waals surface area contributed by atoms with Crippen molar-refractivity contribution in [3.05, 3.63) is 47.4 Å². The minimum absolute atomic E-state index is 0.0865. The van der Waals surface area contributed by atoms with E-state index in [-0.39, 0.29) is 11.9 Å². The maximum absolute atomic E-state index is 12.5. The molecule has 22 heavy (non-hydrogen) atoms. The fourth-order valence-corrected chi connectivity index (χ4v) is 2.51. The van der Waals surface area contributed by atoms with Gasteiger partial charge in [-0.15, -0.1) is 0 Å². The van der Waals surface area contributed by atoms with Crippen LogP contribution >= 0.6 is 11.6 Å². The molecule has 2 aromatic rings. The van der Waals surface area contributed by atoms with Gasteiger partial charge in [0.15, 0.2) is 0 Å². The van der Waals surface area contributed by atoms with Gasteiger partial charge in [0, 0.05) is 30.5 Å². The average Bonchev–Trinajstić information content (AvgIpc) is 2.51. The van der Waals surface area contributed by atoms with Crippen LogP contribution in [0.15, 0.2) is 36.8 Å². The molecule has 2 heterocycles. The van der Waals surface area contributed by atoms with Crippen LogP contribution in [-0.4, -0.2) is 47.0 Å². The Bertz CT molecular complexity index is 674. The second-order valence-corrected chi connectivity index (χ2v) is 5.42. The molecule has 1 amide bonds. The van der Waals surface area contributed by atoms with Gasteiger partial charge in [0.25, 0.3) is 5.91 Å². The van der Waals surface area contributed by atoms with Gasteiger partial charge in [0.05, 0.1) is 24.9 Å². The standard InChI is InChI=1S/C15H15ClN4O2/c1-22-13-3-2-10(16)6-12(13)15(21)20-8-11(9-20)19-14-7-17-4-5-18-14/h2-7,11H,8-9H2,1H3,(H,18,19). The van der Waals surface area contributed by atoms with Crippen LogP contribution in [0.4, 0.5) is 5.82 Å². The number of halogens is 1. The molecule has 6 nitrogen and oxygen atoms in total. The van der Waals surface area contributed by atoms with E-state index in [4.69, 9.17) is 16.3 Å². The van der Waals surface area contributed by atoms with Gasteiger partial charge >= 0.3 is 0 Å². The molecule has 114 valence electrons. The van der Waals surface area contributed by atoms with Gasteiger partial charge in [0.2, 0.25) is 0 Å². The molecule has 0 aliphatic carbocycles. The molecular formula is C15H15ClN4O2. The summed E-state index contributed by atoms with van der Waals surface area (Å²) in [7, 11) is 1.54. The zero-order chi connectivity index (χ0) is 15.5. The smallest absolute Gasteiger partial charge is 0.257 e. The van der Waals surface area contributed by atoms with E-state index in [2.05, 4.69) is 15.3 Å². The van der Waals surface area contributed by atoms with Crippen molar-refractivity contribution >= 4 is 23.3 Å². The zero-order valence-electron chi connectivity index (χ0n) is 12.0. The van der Waals surface area contributed by atoms with Crippen LogP contribution in [0, 0.1) is 0 Å². The number of hydrogen-bond donors (Lipinski definition) is 1. The number of amides is 1. The van der Waals surface area contributed by atoms with E-state index in [0.29, 0.717) is 35.2 Å². The van der Waals surface area contributed by atoms with E-state index in [9.17, 15) is 4.79 Å². The second kappa shape index (κ2) is 6.19. The molecule has 1 saturated heterocycles. The number of nitrogens with zero attached hydrogens (tertiary/aromatic N) is 3. The van der Waals surface area contributed by atoms with Gasteiger partial charge in [0.1, 0.15) is 11.6 Å². The molecule has 1 aliphatic rings. The van der Waals surface area contributed by atoms with E-state index >= 15 is 0 Å². The number of carbonyl (C=O) groups excluding carboxylic acids is 1. The predicted molar refractivity (Wildman–Crippen MR) is 83.4 cm³/mol. The van der Waals surface area contributed by atoms with Gasteiger partial charge in [-0.2, -0.15) is 0 Å². The van der Waals surface area contributed by atoms with Gasteiger partial charge < -0.3 is 15.0 Å². The first-order chi connectivity index (χ1) is 10.7. The molecule has 0 unspecified atom stereocenters. The van der Waals surface area contributed by atoms with E-state index in [1.165, 1.54) is 7.11 Å². The maximum atomic E-state index is 12.5. The molecule has 0 atom stereocenters. The highest BCUT2D eigenvalue weighted by atomic mass is 35.5. The normalized spacial score (nSPS) is 14.4. The van der Waals surface area contributed by atoms with Crippen molar-refractivity contribution in [2.75, 3.05) is 25.5 Å². The summed E-state index contributed by atoms with van der Waals surface area (Å²) in [6.07, 6.45) is 4.90. The first-order valence-electron chi connectivity index (χ1n) is 6.82. The fourth-order valence-electron chi connectivity index (χ4n) is 2.34. The molecule has 7 heteroatoms. The third kappa shape index (κ3) is 2.96. The molecular weight excluding hydrogens is 304 g/mol. The largest absolute Gasteiger partial charge is 0.496 e. The number of ether oxygens (including phenoxy) is 1. The monoisotopic (exact) mass is 318 g/mol. The SMILES string of the molecule is COc1ccc(Cl)cc1C(=O)N1CC(Nc2cnccn2)C1. The fraction of sp³-hybridized carbons (Fsp3) is 0.267. The molecule has 1 N–H and O–H groups in total. The predicted octanol–water partition coefficient (Wildman–Crippen LogP) is 2.08. The summed E-state index contributed by atoms with van der Waals surface area (Å²) in [5, 5.41) is 3.74. The van der Waals surface area contributed by atoms with Crippen molar-refractivity contribution in [1.29, 1.82) is 0 Å². The van der Waals surface area contributed by atoms with Crippen LogP contribution in [0.1, 0.15) is 10.4 Å². The second-order valence-electron chi connectivity index (χ2n) is 4.99. The van der Waals surface area contributed by atoms with Crippen molar-refractivity contribution in [2.24, 2.45) is 0 Å². The Morgan fingerprint density at radius 1 is 1.41 bits per heavy atom. The summed E-state index contributed by atoms with van der Waals surface area (Å²) in [5.74, 6) is 1.15. The number of benzene rings is 1. The van der Waals surface area contributed by atoms with Crippen molar-refractivity contribution in [3.8, 4) is 5.75 Å². The summed E-state index contributed by atoms with van der Waals surface area (Å²) in [6, 6.07) is 5.20. The third-order valence-corrected chi connectivity index (χ3v) is 3.71. The lowest BCUT2D eigenvalue weighted by molar-refractivity contribution is 0.0621. The molecule has 1 fully saturated rings. The number of methoxy groups -OCH3 is 1. The molecule has 0 saturated carbocycles. The number of aromatic nitrogens is 2. The maximum Gasteiger partial charge on any atom is 0.257 e. The van der Waals surface area contributed by atoms with Gasteiger partial charge in [-0.25, -0.2) is 4.98 Å². The molecule has 3 rings (SSSR count). The number of anilines is 1. The Morgan fingerprint density at radius 2 is 2.23 bits per heavy atom. The Kier molecular flexibility index (Phi) is 4.11. The zero-order valence-corrected chi connectivity index (χ0v) is 12.7. The number of hydrogen-bond acceptors (Lipinski definition) is 5. The molecule has 0 spiro atoms. The Hall–Kier alpha value is -2.34. The molecule has 1 aliphatic heterocycles. The van der Waals surface area contributed by atoms with Crippen molar-refractivity contribution < 1.29 is 9.53 Å². The van der Waals surface area contributed by atoms with Gasteiger partial charge in [-0.05, 0) is 18.2 Å². The Balaban J connectivity index is 1.63. The Labute approximate surface area is 133 Å². The highest BCUT2D eigenvalue weighted by Gasteiger charge is 2.32. The third-order valence-electron chi connectivity index (χ3n) is 3.48. The first-order valence-corrected chi connectivity index (χ1v) is 7.20. The summed E-state index contributed by atoms with van der Waals surface area (Å²) >= 11 is 5.97. The number of rotatable bonds is 4. The number of likely N-dealkylation sites (tertiary alicyclic amines) is 1. The van der Waals surface area contributed by atoms with Gasteiger partial charge in [-0.1, -0.05) is 11.6 Å². The number of nitrogens with one attached hydrogen (secondary N) is 1. The van der Waals surface area contributed by atoms with Crippen LogP contribution in [0.25, 0.3) is 0 Å². The van der Waals surface area contributed by atoms with Crippen LogP contribution in [0.2, 0.25) is 5.02 Å². The van der Waals surface area contributed by atoms with E-state index in [1.807, 2.05) is 0 Å². The summed E-state index contributed by atoms with van der Waals surface area (Å²) < 4.78 is 5.22. The molecule has 1 aromatic carbocycles. The van der Waals surface area contributed by atoms with Crippen LogP contribution in [0.3, 0.4) is 0 Å². The minimum Gasteiger partial charge on any atom is -0.496 e. The summed E-state index contributed by atoms with van der Waals surface area (Å²) in [4.78, 5) is 22.4. The minimum atomic E-state index is -0.0865. The van der Waals surface area contributed by atoms with E-state index in [1.54, 1.807) is 41.7 Å². The number of carbonyl (C=O) groups is 1. The lowest BCUT2D eigenvalue weighted by Gasteiger charge is -2.39. The van der Waals surface area contributed by atoms with E-state index in [0.717, 1.165) is 0 Å². The van der Waals surface area contributed by atoms with E-state index < -0.39 is 0 Å². The molecule has 1 aromatic heterocycles. The van der Waals surface area contributed by atoms with Crippen molar-refractivity contribution in [3.63, 3.8) is 0 Å². The highest BCUT2D eigenvalue weighted by molar-refractivity contribution is 6.31. The molecule has 0 bridgehead atoms. The van der Waals surface area contributed by atoms with Gasteiger partial charge in [-0.3, -0.25) is 9.78 Å². The lowest BCUT2D eigenvalue weighted by Crippen LogP contribution is -2.57. The average molecular weight is 319 g/mol. The van der Waals surface area contributed by atoms with Crippen molar-refractivity contribution in [2.45, 2.75) is 6.04 Å². The lowest BCUT2D eigenvalue weighted by atomic mass is 10.1. The van der Waals surface area contributed by atoms with Crippen LogP contribution in [0.5, 0.6) is 5.75 Å². The Morgan fingerprint density at radius 3 is 2.91 bits per heavy atom. The van der Waals surface area contributed by atoms with Crippen molar-refractivity contribution in [1.82, 2.24) is 14.9 Å². The quantitative estimate of drug-likeness (QED) is 0.934.